The van der Waals surface area contributed by atoms with Crippen LogP contribution in [0.3, 0.4) is 0 Å². The van der Waals surface area contributed by atoms with Gasteiger partial charge in [0.05, 0.1) is 14.1 Å². The molecule has 1 heteroatoms. The van der Waals surface area contributed by atoms with Crippen molar-refractivity contribution in [2.45, 2.75) is 6.54 Å². The lowest BCUT2D eigenvalue weighted by molar-refractivity contribution is -0.836. The molecular formula is C11H14N+. The third kappa shape index (κ3) is 2.41. The zero-order chi connectivity index (χ0) is 9.03. The van der Waals surface area contributed by atoms with Crippen LogP contribution in [0, 0.1) is 12.5 Å². The fraction of sp³-hybridized carbons (Fsp3) is 0.273. The molecule has 0 bridgehead atoms. The van der Waals surface area contributed by atoms with Gasteiger partial charge in [0.1, 0.15) is 12.6 Å². The maximum absolute atomic E-state index is 5.38. The molecule has 62 valence electrons. The standard InChI is InChI=1S/C11H14N/c1-4-12(2,3)10-11-8-6-5-7-9-11/h1,5-9H,10H2,2-3H3/q+1. The Balaban J connectivity index is 2.72. The molecule has 0 aliphatic carbocycles. The minimum Gasteiger partial charge on any atom is -0.248 e. The van der Waals surface area contributed by atoms with Crippen molar-refractivity contribution in [3.8, 4) is 12.5 Å². The van der Waals surface area contributed by atoms with Crippen molar-refractivity contribution in [1.29, 1.82) is 0 Å². The summed E-state index contributed by atoms with van der Waals surface area (Å²) in [6, 6.07) is 13.0. The minimum absolute atomic E-state index is 0.587. The van der Waals surface area contributed by atoms with Crippen molar-refractivity contribution in [2.24, 2.45) is 0 Å². The number of hydrogen-bond donors (Lipinski definition) is 0. The number of quaternary nitrogens is 1. The summed E-state index contributed by atoms with van der Waals surface area (Å²) in [5.74, 6) is 0. The van der Waals surface area contributed by atoms with Crippen LogP contribution < -0.4 is 0 Å². The summed E-state index contributed by atoms with van der Waals surface area (Å²) in [5, 5.41) is 0. The van der Waals surface area contributed by atoms with E-state index in [4.69, 9.17) is 6.42 Å². The lowest BCUT2D eigenvalue weighted by Crippen LogP contribution is -2.32. The van der Waals surface area contributed by atoms with E-state index >= 15 is 0 Å². The Labute approximate surface area is 74.2 Å². The Hall–Kier alpha value is -1.26. The van der Waals surface area contributed by atoms with Gasteiger partial charge in [0, 0.05) is 5.56 Å². The Kier molecular flexibility index (Phi) is 2.52. The zero-order valence-corrected chi connectivity index (χ0v) is 7.62. The Bertz CT molecular complexity index is 280. The summed E-state index contributed by atoms with van der Waals surface area (Å²) < 4.78 is 0.587. The molecule has 0 radical (unpaired) electrons. The highest BCUT2D eigenvalue weighted by molar-refractivity contribution is 5.13. The van der Waals surface area contributed by atoms with Gasteiger partial charge in [-0.3, -0.25) is 0 Å². The van der Waals surface area contributed by atoms with Gasteiger partial charge in [0.2, 0.25) is 0 Å². The first-order valence-corrected chi connectivity index (χ1v) is 3.99. The van der Waals surface area contributed by atoms with Crippen LogP contribution in [0.15, 0.2) is 30.3 Å². The number of benzene rings is 1. The van der Waals surface area contributed by atoms with Gasteiger partial charge in [-0.2, -0.15) is 0 Å². The molecule has 0 saturated carbocycles. The van der Waals surface area contributed by atoms with Crippen molar-refractivity contribution in [1.82, 2.24) is 0 Å². The summed E-state index contributed by atoms with van der Waals surface area (Å²) in [4.78, 5) is 0. The highest BCUT2D eigenvalue weighted by Crippen LogP contribution is 2.06. The van der Waals surface area contributed by atoms with Gasteiger partial charge in [-0.1, -0.05) is 36.8 Å². The average Bonchev–Trinajstić information content (AvgIpc) is 2.06. The van der Waals surface area contributed by atoms with Gasteiger partial charge in [-0.15, -0.1) is 0 Å². The second kappa shape index (κ2) is 3.42. The lowest BCUT2D eigenvalue weighted by Gasteiger charge is -2.20. The van der Waals surface area contributed by atoms with Crippen LogP contribution in [-0.4, -0.2) is 18.6 Å². The fourth-order valence-electron chi connectivity index (χ4n) is 1.09. The quantitative estimate of drug-likeness (QED) is 0.457. The molecule has 1 nitrogen and oxygen atoms in total. The summed E-state index contributed by atoms with van der Waals surface area (Å²) in [7, 11) is 4.04. The smallest absolute Gasteiger partial charge is 0.133 e. The van der Waals surface area contributed by atoms with E-state index in [0.29, 0.717) is 4.48 Å². The fourth-order valence-corrected chi connectivity index (χ4v) is 1.09. The summed E-state index contributed by atoms with van der Waals surface area (Å²) in [5.41, 5.74) is 1.28. The highest BCUT2D eigenvalue weighted by atomic mass is 15.3. The van der Waals surface area contributed by atoms with Gasteiger partial charge < -0.3 is 0 Å². The molecule has 0 fully saturated rings. The predicted octanol–water partition coefficient (Wildman–Crippen LogP) is 1.85. The third-order valence-electron chi connectivity index (χ3n) is 1.77. The second-order valence-electron chi connectivity index (χ2n) is 3.46. The molecule has 0 aromatic heterocycles. The van der Waals surface area contributed by atoms with Gasteiger partial charge in [0.25, 0.3) is 0 Å². The van der Waals surface area contributed by atoms with E-state index in [9.17, 15) is 0 Å². The van der Waals surface area contributed by atoms with Crippen molar-refractivity contribution in [2.75, 3.05) is 14.1 Å². The topological polar surface area (TPSA) is 0 Å². The van der Waals surface area contributed by atoms with Crippen molar-refractivity contribution < 1.29 is 4.48 Å². The van der Waals surface area contributed by atoms with Crippen LogP contribution in [0.4, 0.5) is 0 Å². The van der Waals surface area contributed by atoms with Crippen LogP contribution in [0.1, 0.15) is 5.56 Å². The van der Waals surface area contributed by atoms with E-state index in [-0.39, 0.29) is 0 Å². The zero-order valence-electron chi connectivity index (χ0n) is 7.62. The van der Waals surface area contributed by atoms with Crippen LogP contribution in [0.5, 0.6) is 0 Å². The van der Waals surface area contributed by atoms with E-state index in [1.165, 1.54) is 5.56 Å². The monoisotopic (exact) mass is 160 g/mol. The highest BCUT2D eigenvalue weighted by Gasteiger charge is 2.11. The molecular weight excluding hydrogens is 146 g/mol. The largest absolute Gasteiger partial charge is 0.248 e. The Morgan fingerprint density at radius 2 is 1.83 bits per heavy atom. The van der Waals surface area contributed by atoms with Gasteiger partial charge in [-0.05, 0) is 0 Å². The maximum atomic E-state index is 5.38. The SMILES string of the molecule is C#C[N+](C)(C)Cc1ccccc1. The molecule has 1 aromatic carbocycles. The summed E-state index contributed by atoms with van der Waals surface area (Å²) in [6.07, 6.45) is 5.38. The molecule has 0 saturated heterocycles. The molecule has 0 atom stereocenters. The molecule has 0 aliphatic heterocycles. The number of hydrogen-bond acceptors (Lipinski definition) is 0. The minimum atomic E-state index is 0.587. The Morgan fingerprint density at radius 3 is 2.33 bits per heavy atom. The number of rotatable bonds is 2. The van der Waals surface area contributed by atoms with Crippen LogP contribution in [0.2, 0.25) is 0 Å². The maximum Gasteiger partial charge on any atom is 0.133 e. The van der Waals surface area contributed by atoms with Crippen molar-refractivity contribution >= 4 is 0 Å². The molecule has 0 spiro atoms. The first-order valence-electron chi connectivity index (χ1n) is 3.99. The third-order valence-corrected chi connectivity index (χ3v) is 1.77. The van der Waals surface area contributed by atoms with Crippen molar-refractivity contribution in [3.63, 3.8) is 0 Å². The molecule has 0 unspecified atom stereocenters. The van der Waals surface area contributed by atoms with E-state index in [1.54, 1.807) is 0 Å². The van der Waals surface area contributed by atoms with Crippen LogP contribution >= 0.6 is 0 Å². The molecule has 0 heterocycles. The van der Waals surface area contributed by atoms with Gasteiger partial charge >= 0.3 is 0 Å². The normalized spacial score (nSPS) is 10.8. The average molecular weight is 160 g/mol. The predicted molar refractivity (Wildman–Crippen MR) is 51.1 cm³/mol. The van der Waals surface area contributed by atoms with Crippen LogP contribution in [-0.2, 0) is 6.54 Å². The summed E-state index contributed by atoms with van der Waals surface area (Å²) >= 11 is 0. The van der Waals surface area contributed by atoms with Crippen molar-refractivity contribution in [3.05, 3.63) is 35.9 Å². The van der Waals surface area contributed by atoms with E-state index < -0.39 is 0 Å². The second-order valence-corrected chi connectivity index (χ2v) is 3.46. The number of terminal acetylenes is 1. The van der Waals surface area contributed by atoms with E-state index in [1.807, 2.05) is 32.3 Å². The molecule has 12 heavy (non-hydrogen) atoms. The first kappa shape index (κ1) is 8.83. The lowest BCUT2D eigenvalue weighted by atomic mass is 10.2. The van der Waals surface area contributed by atoms with E-state index in [2.05, 4.69) is 18.2 Å². The summed E-state index contributed by atoms with van der Waals surface area (Å²) in [6.45, 7) is 0.886. The van der Waals surface area contributed by atoms with Gasteiger partial charge in [0.15, 0.2) is 0 Å². The van der Waals surface area contributed by atoms with E-state index in [0.717, 1.165) is 6.54 Å². The first-order chi connectivity index (χ1) is 5.64. The van der Waals surface area contributed by atoms with Crippen LogP contribution in [0.25, 0.3) is 0 Å². The molecule has 0 aliphatic rings. The Morgan fingerprint density at radius 1 is 1.25 bits per heavy atom. The van der Waals surface area contributed by atoms with Gasteiger partial charge in [-0.25, -0.2) is 4.48 Å². The number of nitrogens with zero attached hydrogens (tertiary/aromatic N) is 1. The molecule has 1 rings (SSSR count). The molecule has 0 N–H and O–H groups in total. The molecule has 0 amide bonds. The molecule has 1 aromatic rings.